The summed E-state index contributed by atoms with van der Waals surface area (Å²) < 4.78 is 40.3. The minimum atomic E-state index is -4.24. The van der Waals surface area contributed by atoms with Crippen molar-refractivity contribution in [3.8, 4) is 11.5 Å². The Balaban J connectivity index is 1.77. The van der Waals surface area contributed by atoms with Crippen molar-refractivity contribution < 1.29 is 27.5 Å². The fraction of sp³-hybridized carbons (Fsp3) is 0.394. The Hall–Kier alpha value is -4.05. The number of nitrogens with one attached hydrogen (secondary N) is 1. The zero-order valence-corrected chi connectivity index (χ0v) is 26.1. The summed E-state index contributed by atoms with van der Waals surface area (Å²) in [5.41, 5.74) is 2.01. The predicted octanol–water partition coefficient (Wildman–Crippen LogP) is 5.07. The van der Waals surface area contributed by atoms with E-state index in [-0.39, 0.29) is 34.8 Å². The second-order valence-electron chi connectivity index (χ2n) is 10.8. The standard InChI is InChI=1S/C33H41N3O6S/c1-5-29(33(38)34-26-14-9-10-15-26)35(22-25-13-11-12-24(2)20-25)32(37)23-36(43(39,40)28-16-7-6-8-17-28)30-21-27(41-3)18-19-31(30)42-4/h6-8,11-13,16-21,26,29H,5,9-10,14-15,22-23H2,1-4H3,(H,34,38)/t29-/m1/s1. The second kappa shape index (κ2) is 14.4. The van der Waals surface area contributed by atoms with E-state index in [1.807, 2.05) is 38.1 Å². The maximum atomic E-state index is 14.4. The average Bonchev–Trinajstić information content (AvgIpc) is 3.52. The highest BCUT2D eigenvalue weighted by molar-refractivity contribution is 7.92. The van der Waals surface area contributed by atoms with Crippen molar-refractivity contribution in [3.05, 3.63) is 83.9 Å². The van der Waals surface area contributed by atoms with Crippen molar-refractivity contribution in [1.29, 1.82) is 0 Å². The first kappa shape index (κ1) is 31.9. The molecule has 1 N–H and O–H groups in total. The Kier molecular flexibility index (Phi) is 10.7. The lowest BCUT2D eigenvalue weighted by Gasteiger charge is -2.34. The summed E-state index contributed by atoms with van der Waals surface area (Å²) in [5.74, 6) is -0.0917. The normalized spacial score (nSPS) is 14.1. The Morgan fingerprint density at radius 1 is 0.953 bits per heavy atom. The minimum absolute atomic E-state index is 0.0175. The third-order valence-electron chi connectivity index (χ3n) is 7.79. The summed E-state index contributed by atoms with van der Waals surface area (Å²) >= 11 is 0. The van der Waals surface area contributed by atoms with Gasteiger partial charge in [-0.25, -0.2) is 8.42 Å². The molecule has 230 valence electrons. The van der Waals surface area contributed by atoms with Gasteiger partial charge < -0.3 is 19.7 Å². The Bertz CT molecular complexity index is 1510. The van der Waals surface area contributed by atoms with Crippen molar-refractivity contribution in [3.63, 3.8) is 0 Å². The Morgan fingerprint density at radius 3 is 2.30 bits per heavy atom. The van der Waals surface area contributed by atoms with E-state index in [1.165, 1.54) is 37.3 Å². The van der Waals surface area contributed by atoms with E-state index in [2.05, 4.69) is 5.32 Å². The van der Waals surface area contributed by atoms with Crippen LogP contribution in [0.4, 0.5) is 5.69 Å². The molecule has 1 aliphatic rings. The van der Waals surface area contributed by atoms with Gasteiger partial charge in [0, 0.05) is 18.7 Å². The summed E-state index contributed by atoms with van der Waals surface area (Å²) in [6.07, 6.45) is 4.30. The summed E-state index contributed by atoms with van der Waals surface area (Å²) in [5, 5.41) is 3.14. The molecule has 3 aromatic rings. The number of carbonyl (C=O) groups excluding carboxylic acids is 2. The minimum Gasteiger partial charge on any atom is -0.497 e. The summed E-state index contributed by atoms with van der Waals surface area (Å²) in [6, 6.07) is 19.7. The van der Waals surface area contributed by atoms with Crippen LogP contribution < -0.4 is 19.1 Å². The molecule has 1 fully saturated rings. The highest BCUT2D eigenvalue weighted by Crippen LogP contribution is 2.36. The van der Waals surface area contributed by atoms with Gasteiger partial charge in [0.1, 0.15) is 24.1 Å². The molecule has 1 saturated carbocycles. The molecule has 10 heteroatoms. The van der Waals surface area contributed by atoms with Gasteiger partial charge in [0.15, 0.2) is 0 Å². The fourth-order valence-electron chi connectivity index (χ4n) is 5.52. The number of benzene rings is 3. The van der Waals surface area contributed by atoms with Crippen LogP contribution in [0.25, 0.3) is 0 Å². The topological polar surface area (TPSA) is 105 Å². The van der Waals surface area contributed by atoms with E-state index in [0.717, 1.165) is 41.1 Å². The zero-order valence-electron chi connectivity index (χ0n) is 25.3. The van der Waals surface area contributed by atoms with Crippen molar-refractivity contribution in [2.45, 2.75) is 69.5 Å². The lowest BCUT2D eigenvalue weighted by Crippen LogP contribution is -2.53. The Morgan fingerprint density at radius 2 is 1.67 bits per heavy atom. The van der Waals surface area contributed by atoms with Gasteiger partial charge in [-0.2, -0.15) is 0 Å². The van der Waals surface area contributed by atoms with Crippen molar-refractivity contribution >= 4 is 27.5 Å². The first-order chi connectivity index (χ1) is 20.7. The smallest absolute Gasteiger partial charge is 0.264 e. The lowest BCUT2D eigenvalue weighted by atomic mass is 10.1. The van der Waals surface area contributed by atoms with Crippen LogP contribution in [0.5, 0.6) is 11.5 Å². The average molecular weight is 608 g/mol. The van der Waals surface area contributed by atoms with Gasteiger partial charge >= 0.3 is 0 Å². The number of methoxy groups -OCH3 is 2. The van der Waals surface area contributed by atoms with Crippen LogP contribution in [-0.2, 0) is 26.2 Å². The first-order valence-electron chi connectivity index (χ1n) is 14.6. The van der Waals surface area contributed by atoms with Crippen LogP contribution in [0.2, 0.25) is 0 Å². The van der Waals surface area contributed by atoms with Crippen LogP contribution in [0.1, 0.15) is 50.2 Å². The van der Waals surface area contributed by atoms with Gasteiger partial charge in [-0.3, -0.25) is 13.9 Å². The van der Waals surface area contributed by atoms with Crippen LogP contribution in [0, 0.1) is 6.92 Å². The van der Waals surface area contributed by atoms with Gasteiger partial charge in [-0.15, -0.1) is 0 Å². The molecule has 0 radical (unpaired) electrons. The molecule has 43 heavy (non-hydrogen) atoms. The maximum absolute atomic E-state index is 14.4. The maximum Gasteiger partial charge on any atom is 0.264 e. The van der Waals surface area contributed by atoms with Crippen molar-refractivity contribution in [1.82, 2.24) is 10.2 Å². The molecule has 0 spiro atoms. The summed E-state index contributed by atoms with van der Waals surface area (Å²) in [4.78, 5) is 29.5. The molecule has 0 bridgehead atoms. The van der Waals surface area contributed by atoms with E-state index in [0.29, 0.717) is 12.2 Å². The van der Waals surface area contributed by atoms with Gasteiger partial charge in [-0.1, -0.05) is 67.8 Å². The third-order valence-corrected chi connectivity index (χ3v) is 9.56. The molecule has 0 aliphatic heterocycles. The van der Waals surface area contributed by atoms with Gasteiger partial charge in [-0.05, 0) is 56.0 Å². The van der Waals surface area contributed by atoms with E-state index in [9.17, 15) is 18.0 Å². The molecule has 0 heterocycles. The number of ether oxygens (including phenoxy) is 2. The molecular formula is C33H41N3O6S. The highest BCUT2D eigenvalue weighted by Gasteiger charge is 2.35. The SMILES string of the molecule is CC[C@H](C(=O)NC1CCCC1)N(Cc1cccc(C)c1)C(=O)CN(c1cc(OC)ccc1OC)S(=O)(=O)c1ccccc1. The highest BCUT2D eigenvalue weighted by atomic mass is 32.2. The molecule has 2 amide bonds. The molecule has 4 rings (SSSR count). The molecule has 1 atom stereocenters. The van der Waals surface area contributed by atoms with Crippen LogP contribution >= 0.6 is 0 Å². The number of rotatable bonds is 13. The fourth-order valence-corrected chi connectivity index (χ4v) is 6.96. The van der Waals surface area contributed by atoms with E-state index in [4.69, 9.17) is 9.47 Å². The predicted molar refractivity (Wildman–Crippen MR) is 167 cm³/mol. The van der Waals surface area contributed by atoms with Crippen molar-refractivity contribution in [2.24, 2.45) is 0 Å². The van der Waals surface area contributed by atoms with Gasteiger partial charge in [0.25, 0.3) is 10.0 Å². The molecular weight excluding hydrogens is 566 g/mol. The molecule has 0 aromatic heterocycles. The lowest BCUT2D eigenvalue weighted by molar-refractivity contribution is -0.140. The van der Waals surface area contributed by atoms with Gasteiger partial charge in [0.05, 0.1) is 24.8 Å². The molecule has 1 aliphatic carbocycles. The number of hydrogen-bond acceptors (Lipinski definition) is 6. The Labute approximate surface area is 254 Å². The second-order valence-corrected chi connectivity index (χ2v) is 12.6. The summed E-state index contributed by atoms with van der Waals surface area (Å²) in [6.45, 7) is 3.41. The number of carbonyl (C=O) groups is 2. The molecule has 0 saturated heterocycles. The molecule has 9 nitrogen and oxygen atoms in total. The number of nitrogens with zero attached hydrogens (tertiary/aromatic N) is 2. The van der Waals surface area contributed by atoms with Crippen LogP contribution in [0.3, 0.4) is 0 Å². The summed E-state index contributed by atoms with van der Waals surface area (Å²) in [7, 11) is -1.33. The van der Waals surface area contributed by atoms with Crippen LogP contribution in [0.15, 0.2) is 77.7 Å². The molecule has 3 aromatic carbocycles. The molecule has 0 unspecified atom stereocenters. The number of aryl methyl sites for hydroxylation is 1. The quantitative estimate of drug-likeness (QED) is 0.291. The number of sulfonamides is 1. The van der Waals surface area contributed by atoms with E-state index >= 15 is 0 Å². The number of amides is 2. The van der Waals surface area contributed by atoms with Crippen molar-refractivity contribution in [2.75, 3.05) is 25.1 Å². The first-order valence-corrected chi connectivity index (χ1v) is 16.1. The van der Waals surface area contributed by atoms with E-state index < -0.39 is 28.5 Å². The third kappa shape index (κ3) is 7.67. The largest absolute Gasteiger partial charge is 0.497 e. The zero-order chi connectivity index (χ0) is 31.0. The van der Waals surface area contributed by atoms with E-state index in [1.54, 1.807) is 30.3 Å². The number of anilines is 1. The monoisotopic (exact) mass is 607 g/mol. The van der Waals surface area contributed by atoms with Gasteiger partial charge in [0.2, 0.25) is 11.8 Å². The number of hydrogen-bond donors (Lipinski definition) is 1. The van der Waals surface area contributed by atoms with Crippen LogP contribution in [-0.4, -0.2) is 58.0 Å².